The number of nitrogens with zero attached hydrogens (tertiary/aromatic N) is 3. The lowest BCUT2D eigenvalue weighted by Gasteiger charge is -2.59. The lowest BCUT2D eigenvalue weighted by atomic mass is 9.48. The highest BCUT2D eigenvalue weighted by molar-refractivity contribution is 6.05. The third-order valence-corrected chi connectivity index (χ3v) is 8.69. The van der Waals surface area contributed by atoms with Gasteiger partial charge in [-0.2, -0.15) is 0 Å². The van der Waals surface area contributed by atoms with Gasteiger partial charge in [-0.05, 0) is 67.6 Å². The van der Waals surface area contributed by atoms with E-state index in [1.165, 1.54) is 6.33 Å². The maximum Gasteiger partial charge on any atom is 0.246 e. The fourth-order valence-electron chi connectivity index (χ4n) is 7.12. The van der Waals surface area contributed by atoms with Crippen molar-refractivity contribution in [1.82, 2.24) is 14.9 Å². The quantitative estimate of drug-likeness (QED) is 0.685. The predicted molar refractivity (Wildman–Crippen MR) is 110 cm³/mol. The Bertz CT molecular complexity index is 923. The van der Waals surface area contributed by atoms with Crippen LogP contribution in [0.25, 0.3) is 6.08 Å². The van der Waals surface area contributed by atoms with Crippen molar-refractivity contribution in [2.75, 3.05) is 7.05 Å². The van der Waals surface area contributed by atoms with E-state index in [0.717, 1.165) is 43.2 Å². The SMILES string of the molecule is CN1C(=O)C=C[C@]2(C)[C@H]3CC[C@]4(C)C(=O)/C(=C/c5cncnc5)C[C@H]4[C@@H]3CC[C@@H]12. The Morgan fingerprint density at radius 3 is 2.62 bits per heavy atom. The van der Waals surface area contributed by atoms with Crippen molar-refractivity contribution in [3.63, 3.8) is 0 Å². The molecule has 1 aliphatic heterocycles. The molecule has 0 spiro atoms. The molecule has 1 aromatic rings. The molecule has 152 valence electrons. The fourth-order valence-corrected chi connectivity index (χ4v) is 7.12. The van der Waals surface area contributed by atoms with Crippen LogP contribution in [0.15, 0.2) is 36.4 Å². The number of rotatable bonds is 1. The Morgan fingerprint density at radius 2 is 1.86 bits per heavy atom. The Morgan fingerprint density at radius 1 is 1.10 bits per heavy atom. The van der Waals surface area contributed by atoms with Crippen molar-refractivity contribution in [3.05, 3.63) is 42.0 Å². The van der Waals surface area contributed by atoms with Crippen molar-refractivity contribution in [2.45, 2.75) is 52.0 Å². The summed E-state index contributed by atoms with van der Waals surface area (Å²) in [7, 11) is 1.95. The van der Waals surface area contributed by atoms with Crippen LogP contribution in [-0.2, 0) is 9.59 Å². The lowest BCUT2D eigenvalue weighted by Crippen LogP contribution is -2.59. The number of Topliss-reactive ketones (excluding diaryl/α,β-unsaturated/α-hetero) is 1. The Kier molecular flexibility index (Phi) is 4.10. The molecular formula is C24H29N3O2. The van der Waals surface area contributed by atoms with Crippen LogP contribution in [0.3, 0.4) is 0 Å². The first-order valence-corrected chi connectivity index (χ1v) is 10.8. The second-order valence-electron chi connectivity index (χ2n) is 9.95. The topological polar surface area (TPSA) is 63.2 Å². The monoisotopic (exact) mass is 391 g/mol. The molecule has 1 aromatic heterocycles. The molecule has 5 heteroatoms. The summed E-state index contributed by atoms with van der Waals surface area (Å²) in [5.74, 6) is 1.89. The summed E-state index contributed by atoms with van der Waals surface area (Å²) in [6, 6.07) is 0.277. The zero-order valence-corrected chi connectivity index (χ0v) is 17.5. The number of ketones is 1. The molecule has 0 radical (unpaired) electrons. The van der Waals surface area contributed by atoms with Crippen molar-refractivity contribution in [3.8, 4) is 0 Å². The highest BCUT2D eigenvalue weighted by Crippen LogP contribution is 2.63. The van der Waals surface area contributed by atoms with E-state index < -0.39 is 0 Å². The van der Waals surface area contributed by atoms with E-state index in [1.807, 2.05) is 18.0 Å². The van der Waals surface area contributed by atoms with Crippen LogP contribution < -0.4 is 0 Å². The maximum absolute atomic E-state index is 13.4. The molecular weight excluding hydrogens is 362 g/mol. The average Bonchev–Trinajstić information content (AvgIpc) is 2.97. The highest BCUT2D eigenvalue weighted by atomic mass is 16.2. The van der Waals surface area contributed by atoms with Crippen LogP contribution in [0, 0.1) is 28.6 Å². The molecule has 5 nitrogen and oxygen atoms in total. The van der Waals surface area contributed by atoms with E-state index in [2.05, 4.69) is 29.9 Å². The minimum atomic E-state index is -0.258. The Labute approximate surface area is 172 Å². The van der Waals surface area contributed by atoms with Crippen molar-refractivity contribution in [2.24, 2.45) is 28.6 Å². The number of hydrogen-bond acceptors (Lipinski definition) is 4. The van der Waals surface area contributed by atoms with Gasteiger partial charge in [0.1, 0.15) is 6.33 Å². The van der Waals surface area contributed by atoms with Crippen molar-refractivity contribution >= 4 is 17.8 Å². The van der Waals surface area contributed by atoms with E-state index in [0.29, 0.717) is 23.5 Å². The summed E-state index contributed by atoms with van der Waals surface area (Å²) >= 11 is 0. The standard InChI is InChI=1S/C24H29N3O2/c1-23-9-7-21(28)27(3)20(23)5-4-17-18(23)6-8-24(2)19(17)11-16(22(24)29)10-15-12-25-14-26-13-15/h7,9-10,12-14,17-20H,4-6,8,11H2,1-3H3/b16-10+/t17-,18+,19+,20-,23-,24+/m1/s1. The van der Waals surface area contributed by atoms with Gasteiger partial charge in [0, 0.05) is 41.9 Å². The first kappa shape index (κ1) is 18.7. The van der Waals surface area contributed by atoms with Crippen LogP contribution >= 0.6 is 0 Å². The predicted octanol–water partition coefficient (Wildman–Crippen LogP) is 3.68. The molecule has 2 heterocycles. The number of aromatic nitrogens is 2. The van der Waals surface area contributed by atoms with Gasteiger partial charge in [-0.25, -0.2) is 9.97 Å². The van der Waals surface area contributed by atoms with Gasteiger partial charge in [0.2, 0.25) is 5.91 Å². The molecule has 0 unspecified atom stereocenters. The molecule has 0 aromatic carbocycles. The number of amides is 1. The molecule has 29 heavy (non-hydrogen) atoms. The van der Waals surface area contributed by atoms with Crippen LogP contribution in [0.1, 0.15) is 51.5 Å². The zero-order valence-electron chi connectivity index (χ0n) is 17.5. The molecule has 3 fully saturated rings. The number of likely N-dealkylation sites (N-methyl/N-ethyl adjacent to an activating group) is 1. The van der Waals surface area contributed by atoms with Crippen molar-refractivity contribution < 1.29 is 9.59 Å². The van der Waals surface area contributed by atoms with Gasteiger partial charge in [0.25, 0.3) is 0 Å². The fraction of sp³-hybridized carbons (Fsp3) is 0.583. The van der Waals surface area contributed by atoms with E-state index in [-0.39, 0.29) is 22.8 Å². The molecule has 1 amide bonds. The van der Waals surface area contributed by atoms with E-state index in [9.17, 15) is 9.59 Å². The summed E-state index contributed by atoms with van der Waals surface area (Å²) < 4.78 is 0. The minimum Gasteiger partial charge on any atom is -0.338 e. The molecule has 4 aliphatic rings. The molecule has 0 saturated heterocycles. The summed E-state index contributed by atoms with van der Waals surface area (Å²) in [5, 5.41) is 0. The first-order chi connectivity index (χ1) is 13.8. The van der Waals surface area contributed by atoms with Gasteiger partial charge < -0.3 is 4.90 Å². The van der Waals surface area contributed by atoms with Gasteiger partial charge in [0.15, 0.2) is 5.78 Å². The lowest BCUT2D eigenvalue weighted by molar-refractivity contribution is -0.141. The van der Waals surface area contributed by atoms with Gasteiger partial charge >= 0.3 is 0 Å². The number of carbonyl (C=O) groups is 2. The summed E-state index contributed by atoms with van der Waals surface area (Å²) in [4.78, 5) is 35.8. The summed E-state index contributed by atoms with van der Waals surface area (Å²) in [5.41, 5.74) is 1.59. The van der Waals surface area contributed by atoms with Crippen LogP contribution in [-0.4, -0.2) is 39.6 Å². The normalized spacial score (nSPS) is 42.6. The summed E-state index contributed by atoms with van der Waals surface area (Å²) in [6.45, 7) is 4.53. The average molecular weight is 392 g/mol. The van der Waals surface area contributed by atoms with Gasteiger partial charge in [-0.3, -0.25) is 9.59 Å². The minimum absolute atomic E-state index is 0.00962. The third kappa shape index (κ3) is 2.59. The molecule has 3 aliphatic carbocycles. The molecule has 0 N–H and O–H groups in total. The van der Waals surface area contributed by atoms with E-state index >= 15 is 0 Å². The zero-order chi connectivity index (χ0) is 20.4. The largest absolute Gasteiger partial charge is 0.338 e. The number of carbonyl (C=O) groups excluding carboxylic acids is 2. The Hall–Kier alpha value is -2.30. The second-order valence-corrected chi connectivity index (χ2v) is 9.95. The van der Waals surface area contributed by atoms with Gasteiger partial charge in [-0.15, -0.1) is 0 Å². The van der Waals surface area contributed by atoms with Crippen LogP contribution in [0.2, 0.25) is 0 Å². The molecule has 5 rings (SSSR count). The smallest absolute Gasteiger partial charge is 0.246 e. The molecule has 0 bridgehead atoms. The van der Waals surface area contributed by atoms with Gasteiger partial charge in [0.05, 0.1) is 0 Å². The molecule has 6 atom stereocenters. The second kappa shape index (κ2) is 6.35. The Balaban J connectivity index is 1.49. The number of allylic oxidation sites excluding steroid dienone is 1. The van der Waals surface area contributed by atoms with Crippen LogP contribution in [0.4, 0.5) is 0 Å². The van der Waals surface area contributed by atoms with Crippen molar-refractivity contribution in [1.29, 1.82) is 0 Å². The highest BCUT2D eigenvalue weighted by Gasteiger charge is 2.61. The summed E-state index contributed by atoms with van der Waals surface area (Å²) in [6.07, 6.45) is 16.0. The first-order valence-electron chi connectivity index (χ1n) is 10.8. The molecule has 3 saturated carbocycles. The maximum atomic E-state index is 13.4. The van der Waals surface area contributed by atoms with E-state index in [1.54, 1.807) is 18.5 Å². The number of hydrogen-bond donors (Lipinski definition) is 0. The van der Waals surface area contributed by atoms with Crippen LogP contribution in [0.5, 0.6) is 0 Å². The van der Waals surface area contributed by atoms with E-state index in [4.69, 9.17) is 0 Å². The van der Waals surface area contributed by atoms with Gasteiger partial charge in [-0.1, -0.05) is 19.9 Å². The third-order valence-electron chi connectivity index (χ3n) is 8.69. The number of fused-ring (bicyclic) bond motifs is 5.